The molecule has 0 bridgehead atoms. The lowest BCUT2D eigenvalue weighted by molar-refractivity contribution is 0.0943. The van der Waals surface area contributed by atoms with E-state index in [1.165, 1.54) is 0 Å². The van der Waals surface area contributed by atoms with Crippen molar-refractivity contribution >= 4 is 34.8 Å². The Kier molecular flexibility index (Phi) is 9.00. The van der Waals surface area contributed by atoms with Gasteiger partial charge in [-0.15, -0.1) is 0 Å². The van der Waals surface area contributed by atoms with Crippen LogP contribution >= 0.6 is 23.8 Å². The van der Waals surface area contributed by atoms with Crippen LogP contribution in [0.15, 0.2) is 48.5 Å². The molecule has 0 spiro atoms. The van der Waals surface area contributed by atoms with E-state index in [0.717, 1.165) is 30.8 Å². The first kappa shape index (κ1) is 21.9. The molecule has 0 fully saturated rings. The van der Waals surface area contributed by atoms with Crippen molar-refractivity contribution in [1.29, 1.82) is 0 Å². The molecular formula is C20H25ClN4O2S. The maximum absolute atomic E-state index is 12.2. The van der Waals surface area contributed by atoms with Gasteiger partial charge in [-0.3, -0.25) is 15.6 Å². The molecule has 0 aliphatic carbocycles. The fraction of sp³-hybridized carbons (Fsp3) is 0.300. The summed E-state index contributed by atoms with van der Waals surface area (Å²) in [6.45, 7) is 2.11. The molecule has 0 aliphatic heterocycles. The Morgan fingerprint density at radius 2 is 1.75 bits per heavy atom. The summed E-state index contributed by atoms with van der Waals surface area (Å²) in [5.41, 5.74) is 6.77. The van der Waals surface area contributed by atoms with Crippen LogP contribution in [0.1, 0.15) is 22.3 Å². The molecule has 0 heterocycles. The van der Waals surface area contributed by atoms with E-state index in [2.05, 4.69) is 21.1 Å². The molecule has 0 saturated heterocycles. The number of hydrogen-bond donors (Lipinski definition) is 3. The molecule has 0 radical (unpaired) electrons. The number of benzene rings is 2. The normalized spacial score (nSPS) is 10.4. The average Bonchev–Trinajstić information content (AvgIpc) is 2.69. The quantitative estimate of drug-likeness (QED) is 0.346. The first-order valence-electron chi connectivity index (χ1n) is 8.90. The van der Waals surface area contributed by atoms with Crippen molar-refractivity contribution in [3.63, 3.8) is 0 Å². The molecule has 6 nitrogen and oxygen atoms in total. The first-order chi connectivity index (χ1) is 13.4. The van der Waals surface area contributed by atoms with E-state index in [1.807, 2.05) is 38.4 Å². The summed E-state index contributed by atoms with van der Waals surface area (Å²) >= 11 is 11.0. The van der Waals surface area contributed by atoms with E-state index in [9.17, 15) is 4.79 Å². The largest absolute Gasteiger partial charge is 0.489 e. The molecule has 0 unspecified atom stereocenters. The Morgan fingerprint density at radius 3 is 2.39 bits per heavy atom. The third-order valence-electron chi connectivity index (χ3n) is 3.79. The average molecular weight is 421 g/mol. The molecule has 150 valence electrons. The lowest BCUT2D eigenvalue weighted by Gasteiger charge is -2.13. The molecule has 28 heavy (non-hydrogen) atoms. The molecule has 3 N–H and O–H groups in total. The zero-order valence-electron chi connectivity index (χ0n) is 16.0. The number of amides is 1. The molecule has 8 heteroatoms. The first-order valence-corrected chi connectivity index (χ1v) is 9.69. The minimum Gasteiger partial charge on any atom is -0.489 e. The molecule has 2 aromatic carbocycles. The van der Waals surface area contributed by atoms with Crippen LogP contribution in [0.3, 0.4) is 0 Å². The zero-order chi connectivity index (χ0) is 20.4. The van der Waals surface area contributed by atoms with Gasteiger partial charge in [0.05, 0.1) is 0 Å². The molecule has 0 aliphatic rings. The lowest BCUT2D eigenvalue weighted by Crippen LogP contribution is -2.47. The van der Waals surface area contributed by atoms with Crippen LogP contribution in [0.5, 0.6) is 5.75 Å². The Balaban J connectivity index is 1.72. The van der Waals surface area contributed by atoms with Gasteiger partial charge in [0.25, 0.3) is 5.91 Å². The number of nitrogens with one attached hydrogen (secondary N) is 3. The van der Waals surface area contributed by atoms with Gasteiger partial charge in [0.1, 0.15) is 12.4 Å². The van der Waals surface area contributed by atoms with Gasteiger partial charge in [-0.05, 0) is 81.2 Å². The van der Waals surface area contributed by atoms with E-state index in [4.69, 9.17) is 28.6 Å². The van der Waals surface area contributed by atoms with Gasteiger partial charge in [-0.25, -0.2) is 0 Å². The zero-order valence-corrected chi connectivity index (χ0v) is 17.6. The highest BCUT2D eigenvalue weighted by Crippen LogP contribution is 2.17. The SMILES string of the molecule is CN(C)CCCNC(=S)NNC(=O)c1ccc(COc2ccc(Cl)cc2)cc1. The lowest BCUT2D eigenvalue weighted by atomic mass is 10.1. The van der Waals surface area contributed by atoms with Gasteiger partial charge in [0, 0.05) is 17.1 Å². The van der Waals surface area contributed by atoms with Gasteiger partial charge in [-0.2, -0.15) is 0 Å². The highest BCUT2D eigenvalue weighted by atomic mass is 35.5. The van der Waals surface area contributed by atoms with Crippen LogP contribution in [0.25, 0.3) is 0 Å². The maximum atomic E-state index is 12.2. The van der Waals surface area contributed by atoms with E-state index in [1.54, 1.807) is 24.3 Å². The van der Waals surface area contributed by atoms with Crippen LogP contribution in [-0.4, -0.2) is 43.1 Å². The number of ether oxygens (including phenoxy) is 1. The highest BCUT2D eigenvalue weighted by molar-refractivity contribution is 7.80. The summed E-state index contributed by atoms with van der Waals surface area (Å²) in [4.78, 5) is 14.3. The smallest absolute Gasteiger partial charge is 0.269 e. The van der Waals surface area contributed by atoms with Crippen molar-refractivity contribution in [1.82, 2.24) is 21.1 Å². The third kappa shape index (κ3) is 8.12. The fourth-order valence-electron chi connectivity index (χ4n) is 2.28. The van der Waals surface area contributed by atoms with E-state index < -0.39 is 0 Å². The second kappa shape index (κ2) is 11.5. The van der Waals surface area contributed by atoms with Gasteiger partial charge < -0.3 is 15.0 Å². The van der Waals surface area contributed by atoms with Gasteiger partial charge >= 0.3 is 0 Å². The predicted octanol–water partition coefficient (Wildman–Crippen LogP) is 2.98. The number of nitrogens with zero attached hydrogens (tertiary/aromatic N) is 1. The van der Waals surface area contributed by atoms with Crippen LogP contribution in [0.2, 0.25) is 5.02 Å². The van der Waals surface area contributed by atoms with Crippen molar-refractivity contribution in [2.45, 2.75) is 13.0 Å². The van der Waals surface area contributed by atoms with Gasteiger partial charge in [0.2, 0.25) is 0 Å². The minimum atomic E-state index is -0.261. The molecule has 0 saturated carbocycles. The van der Waals surface area contributed by atoms with Crippen LogP contribution < -0.4 is 20.9 Å². The molecule has 1 amide bonds. The molecule has 2 rings (SSSR count). The molecular weight excluding hydrogens is 396 g/mol. The number of thiocarbonyl (C=S) groups is 1. The van der Waals surface area contributed by atoms with Gasteiger partial charge in [-0.1, -0.05) is 23.7 Å². The number of hydrazine groups is 1. The Bertz CT molecular complexity index is 767. The number of halogens is 1. The monoisotopic (exact) mass is 420 g/mol. The standard InChI is InChI=1S/C20H25ClN4O2S/c1-25(2)13-3-12-22-20(28)24-23-19(26)16-6-4-15(5-7-16)14-27-18-10-8-17(21)9-11-18/h4-11H,3,12-14H2,1-2H3,(H,23,26)(H2,22,24,28). The molecule has 0 atom stereocenters. The van der Waals surface area contributed by atoms with E-state index in [0.29, 0.717) is 22.3 Å². The van der Waals surface area contributed by atoms with Crippen LogP contribution in [0.4, 0.5) is 0 Å². The second-order valence-corrected chi connectivity index (χ2v) is 7.28. The second-order valence-electron chi connectivity index (χ2n) is 6.43. The summed E-state index contributed by atoms with van der Waals surface area (Å²) in [5.74, 6) is 0.477. The maximum Gasteiger partial charge on any atom is 0.269 e. The van der Waals surface area contributed by atoms with Crippen molar-refractivity contribution in [2.75, 3.05) is 27.2 Å². The summed E-state index contributed by atoms with van der Waals surface area (Å²) in [5, 5.41) is 4.10. The van der Waals surface area contributed by atoms with Crippen molar-refractivity contribution in [2.24, 2.45) is 0 Å². The highest BCUT2D eigenvalue weighted by Gasteiger charge is 2.06. The number of hydrogen-bond acceptors (Lipinski definition) is 4. The topological polar surface area (TPSA) is 65.6 Å². The van der Waals surface area contributed by atoms with Gasteiger partial charge in [0.15, 0.2) is 5.11 Å². The Morgan fingerprint density at radius 1 is 1.07 bits per heavy atom. The van der Waals surface area contributed by atoms with E-state index in [-0.39, 0.29) is 5.91 Å². The van der Waals surface area contributed by atoms with E-state index >= 15 is 0 Å². The predicted molar refractivity (Wildman–Crippen MR) is 117 cm³/mol. The van der Waals surface area contributed by atoms with Crippen molar-refractivity contribution in [3.05, 3.63) is 64.7 Å². The van der Waals surface area contributed by atoms with Crippen LogP contribution in [0, 0.1) is 0 Å². The fourth-order valence-corrected chi connectivity index (χ4v) is 2.56. The summed E-state index contributed by atoms with van der Waals surface area (Å²) in [6.07, 6.45) is 0.961. The number of carbonyl (C=O) groups is 1. The third-order valence-corrected chi connectivity index (χ3v) is 4.29. The summed E-state index contributed by atoms with van der Waals surface area (Å²) in [6, 6.07) is 14.4. The Labute approximate surface area is 176 Å². The van der Waals surface area contributed by atoms with Crippen LogP contribution in [-0.2, 0) is 6.61 Å². The van der Waals surface area contributed by atoms with Crippen molar-refractivity contribution < 1.29 is 9.53 Å². The summed E-state index contributed by atoms with van der Waals surface area (Å²) in [7, 11) is 4.04. The molecule has 0 aromatic heterocycles. The molecule has 2 aromatic rings. The summed E-state index contributed by atoms with van der Waals surface area (Å²) < 4.78 is 5.69. The minimum absolute atomic E-state index is 0.261. The number of carbonyl (C=O) groups excluding carboxylic acids is 1. The van der Waals surface area contributed by atoms with Crippen molar-refractivity contribution in [3.8, 4) is 5.75 Å². The number of rotatable bonds is 8. The Hall–Kier alpha value is -2.35.